The van der Waals surface area contributed by atoms with E-state index >= 15 is 0 Å². The Bertz CT molecular complexity index is 672. The van der Waals surface area contributed by atoms with E-state index in [0.717, 1.165) is 0 Å². The first-order chi connectivity index (χ1) is 10.4. The highest BCUT2D eigenvalue weighted by Crippen LogP contribution is 2.23. The molecule has 7 heteroatoms. The molecule has 0 aliphatic rings. The molecule has 0 amide bonds. The van der Waals surface area contributed by atoms with Gasteiger partial charge in [0.15, 0.2) is 0 Å². The van der Waals surface area contributed by atoms with Gasteiger partial charge in [0, 0.05) is 12.1 Å². The van der Waals surface area contributed by atoms with Crippen LogP contribution in [0.3, 0.4) is 0 Å². The maximum Gasteiger partial charge on any atom is 0.304 e. The number of hydrogen-bond donors (Lipinski definition) is 1. The molecule has 0 aliphatic heterocycles. The number of aryl methyl sites for hydroxylation is 1. The molecule has 1 unspecified atom stereocenters. The molecule has 0 fully saturated rings. The summed E-state index contributed by atoms with van der Waals surface area (Å²) in [7, 11) is 1.79. The van der Waals surface area contributed by atoms with Gasteiger partial charge in [-0.25, -0.2) is 4.39 Å². The number of carbonyl (C=O) groups is 1. The third kappa shape index (κ3) is 3.67. The summed E-state index contributed by atoms with van der Waals surface area (Å²) in [6.45, 7) is 3.90. The molecule has 0 bridgehead atoms. The molecule has 0 aliphatic carbocycles. The average Bonchev–Trinajstić information content (AvgIpc) is 2.96. The van der Waals surface area contributed by atoms with E-state index in [1.807, 2.05) is 11.8 Å². The number of halogens is 1. The van der Waals surface area contributed by atoms with Crippen LogP contribution in [0.15, 0.2) is 22.7 Å². The second-order valence-corrected chi connectivity index (χ2v) is 5.22. The Morgan fingerprint density at radius 1 is 1.50 bits per heavy atom. The van der Waals surface area contributed by atoms with Crippen LogP contribution >= 0.6 is 0 Å². The Morgan fingerprint density at radius 2 is 2.23 bits per heavy atom. The molecule has 0 radical (unpaired) electrons. The fraction of sp³-hybridized carbons (Fsp3) is 0.400. The van der Waals surface area contributed by atoms with Gasteiger partial charge in [-0.1, -0.05) is 5.16 Å². The summed E-state index contributed by atoms with van der Waals surface area (Å²) in [4.78, 5) is 16.7. The minimum Gasteiger partial charge on any atom is -0.481 e. The predicted molar refractivity (Wildman–Crippen MR) is 77.7 cm³/mol. The van der Waals surface area contributed by atoms with E-state index < -0.39 is 5.97 Å². The number of aliphatic carboxylic acids is 1. The van der Waals surface area contributed by atoms with Crippen LogP contribution in [0.2, 0.25) is 0 Å². The molecule has 22 heavy (non-hydrogen) atoms. The number of aromatic nitrogens is 2. The van der Waals surface area contributed by atoms with Crippen molar-refractivity contribution in [2.24, 2.45) is 0 Å². The largest absolute Gasteiger partial charge is 0.481 e. The Morgan fingerprint density at radius 3 is 2.86 bits per heavy atom. The lowest BCUT2D eigenvalue weighted by Gasteiger charge is -2.20. The highest BCUT2D eigenvalue weighted by atomic mass is 19.1. The first-order valence-corrected chi connectivity index (χ1v) is 6.90. The van der Waals surface area contributed by atoms with Gasteiger partial charge >= 0.3 is 5.97 Å². The summed E-state index contributed by atoms with van der Waals surface area (Å²) in [6.07, 6.45) is 0.0407. The number of carboxylic acid groups (broad SMARTS) is 1. The summed E-state index contributed by atoms with van der Waals surface area (Å²) in [5.41, 5.74) is 1.18. The quantitative estimate of drug-likeness (QED) is 0.884. The molecule has 0 saturated heterocycles. The number of rotatable bonds is 6. The Balaban J connectivity index is 2.13. The van der Waals surface area contributed by atoms with Crippen molar-refractivity contribution in [2.45, 2.75) is 26.3 Å². The number of nitrogens with zero attached hydrogens (tertiary/aromatic N) is 3. The van der Waals surface area contributed by atoms with Crippen LogP contribution in [-0.2, 0) is 4.79 Å². The van der Waals surface area contributed by atoms with Crippen molar-refractivity contribution in [3.05, 3.63) is 35.5 Å². The van der Waals surface area contributed by atoms with Gasteiger partial charge in [-0.05, 0) is 44.7 Å². The normalized spacial score (nSPS) is 12.6. The van der Waals surface area contributed by atoms with E-state index in [1.165, 1.54) is 6.07 Å². The molecule has 2 rings (SSSR count). The second-order valence-electron chi connectivity index (χ2n) is 5.22. The van der Waals surface area contributed by atoms with Gasteiger partial charge in [-0.3, -0.25) is 9.69 Å². The van der Waals surface area contributed by atoms with E-state index in [4.69, 9.17) is 9.63 Å². The monoisotopic (exact) mass is 307 g/mol. The molecule has 1 aromatic heterocycles. The Hall–Kier alpha value is -2.28. The summed E-state index contributed by atoms with van der Waals surface area (Å²) in [6, 6.07) is 4.41. The standard InChI is InChI=1S/C15H18FN3O3/c1-9-8-11(4-5-12(9)16)14-17-15(22-18-14)10(2)19(3)7-6-13(20)21/h4-5,8,10H,6-7H2,1-3H3,(H,20,21). The van der Waals surface area contributed by atoms with Gasteiger partial charge in [0.2, 0.25) is 11.7 Å². The van der Waals surface area contributed by atoms with Gasteiger partial charge in [-0.2, -0.15) is 4.98 Å². The maximum absolute atomic E-state index is 13.3. The number of carboxylic acids is 1. The summed E-state index contributed by atoms with van der Waals surface area (Å²) in [5.74, 6) is -0.359. The van der Waals surface area contributed by atoms with Crippen molar-refractivity contribution >= 4 is 5.97 Å². The molecule has 0 spiro atoms. The SMILES string of the molecule is Cc1cc(-c2noc(C(C)N(C)CCC(=O)O)n2)ccc1F. The number of hydrogen-bond acceptors (Lipinski definition) is 5. The van der Waals surface area contributed by atoms with Crippen molar-refractivity contribution in [3.8, 4) is 11.4 Å². The van der Waals surface area contributed by atoms with Gasteiger partial charge in [0.05, 0.1) is 12.5 Å². The zero-order valence-electron chi connectivity index (χ0n) is 12.7. The lowest BCUT2D eigenvalue weighted by molar-refractivity contribution is -0.137. The van der Waals surface area contributed by atoms with E-state index in [-0.39, 0.29) is 18.3 Å². The highest BCUT2D eigenvalue weighted by Gasteiger charge is 2.20. The lowest BCUT2D eigenvalue weighted by Crippen LogP contribution is -2.25. The zero-order valence-corrected chi connectivity index (χ0v) is 12.7. The van der Waals surface area contributed by atoms with Gasteiger partial charge in [-0.15, -0.1) is 0 Å². The van der Waals surface area contributed by atoms with Crippen LogP contribution in [-0.4, -0.2) is 39.7 Å². The topological polar surface area (TPSA) is 79.5 Å². The molecule has 2 aromatic rings. The Labute approximate surface area is 127 Å². The molecule has 118 valence electrons. The minimum absolute atomic E-state index is 0.0407. The lowest BCUT2D eigenvalue weighted by atomic mass is 10.1. The summed E-state index contributed by atoms with van der Waals surface area (Å²) >= 11 is 0. The van der Waals surface area contributed by atoms with Crippen molar-refractivity contribution in [1.29, 1.82) is 0 Å². The summed E-state index contributed by atoms with van der Waals surface area (Å²) in [5, 5.41) is 12.6. The van der Waals surface area contributed by atoms with E-state index in [0.29, 0.717) is 29.4 Å². The first kappa shape index (κ1) is 16.1. The second kappa shape index (κ2) is 6.65. The van der Waals surface area contributed by atoms with Crippen molar-refractivity contribution in [1.82, 2.24) is 15.0 Å². The third-order valence-corrected chi connectivity index (χ3v) is 3.55. The van der Waals surface area contributed by atoms with Crippen LogP contribution in [0.25, 0.3) is 11.4 Å². The van der Waals surface area contributed by atoms with Crippen LogP contribution in [0, 0.1) is 12.7 Å². The van der Waals surface area contributed by atoms with Crippen LogP contribution < -0.4 is 0 Å². The Kier molecular flexibility index (Phi) is 4.87. The van der Waals surface area contributed by atoms with Crippen LogP contribution in [0.5, 0.6) is 0 Å². The van der Waals surface area contributed by atoms with Crippen molar-refractivity contribution in [2.75, 3.05) is 13.6 Å². The van der Waals surface area contributed by atoms with Crippen molar-refractivity contribution in [3.63, 3.8) is 0 Å². The predicted octanol–water partition coefficient (Wildman–Crippen LogP) is 2.65. The highest BCUT2D eigenvalue weighted by molar-refractivity contribution is 5.66. The summed E-state index contributed by atoms with van der Waals surface area (Å²) < 4.78 is 18.5. The van der Waals surface area contributed by atoms with E-state index in [9.17, 15) is 9.18 Å². The fourth-order valence-corrected chi connectivity index (χ4v) is 1.96. The molecule has 1 aromatic carbocycles. The zero-order chi connectivity index (χ0) is 16.3. The van der Waals surface area contributed by atoms with Crippen LogP contribution in [0.4, 0.5) is 4.39 Å². The minimum atomic E-state index is -0.855. The van der Waals surface area contributed by atoms with Gasteiger partial charge in [0.1, 0.15) is 5.82 Å². The van der Waals surface area contributed by atoms with Crippen LogP contribution in [0.1, 0.15) is 30.8 Å². The molecular formula is C15H18FN3O3. The number of benzene rings is 1. The van der Waals surface area contributed by atoms with E-state index in [2.05, 4.69) is 10.1 Å². The maximum atomic E-state index is 13.3. The first-order valence-electron chi connectivity index (χ1n) is 6.90. The molecule has 1 N–H and O–H groups in total. The molecule has 6 nitrogen and oxygen atoms in total. The van der Waals surface area contributed by atoms with Gasteiger partial charge in [0.25, 0.3) is 0 Å². The average molecular weight is 307 g/mol. The molecular weight excluding hydrogens is 289 g/mol. The molecule has 1 heterocycles. The molecule has 1 atom stereocenters. The third-order valence-electron chi connectivity index (χ3n) is 3.55. The van der Waals surface area contributed by atoms with Gasteiger partial charge < -0.3 is 9.63 Å². The molecule has 0 saturated carbocycles. The van der Waals surface area contributed by atoms with Crippen molar-refractivity contribution < 1.29 is 18.8 Å². The smallest absolute Gasteiger partial charge is 0.304 e. The van der Waals surface area contributed by atoms with E-state index in [1.54, 1.807) is 26.1 Å². The fourth-order valence-electron chi connectivity index (χ4n) is 1.96.